The maximum Gasteiger partial charge on any atom is 0.290 e. The SMILES string of the molecule is Nc1cc(-c2ccco2)nn(CC(=O)NC2CCCC2)c1=O. The van der Waals surface area contributed by atoms with E-state index in [0.29, 0.717) is 11.5 Å². The first-order valence-corrected chi connectivity index (χ1v) is 7.34. The number of carbonyl (C=O) groups excluding carboxylic acids is 1. The molecule has 116 valence electrons. The highest BCUT2D eigenvalue weighted by atomic mass is 16.3. The van der Waals surface area contributed by atoms with E-state index in [1.807, 2.05) is 0 Å². The predicted octanol–water partition coefficient (Wildman–Crippen LogP) is 1.14. The summed E-state index contributed by atoms with van der Waals surface area (Å²) in [6.07, 6.45) is 5.74. The van der Waals surface area contributed by atoms with Crippen LogP contribution in [0.25, 0.3) is 11.5 Å². The molecule has 0 saturated heterocycles. The van der Waals surface area contributed by atoms with Crippen molar-refractivity contribution in [2.24, 2.45) is 0 Å². The third kappa shape index (κ3) is 3.03. The number of nitrogens with two attached hydrogens (primary N) is 1. The van der Waals surface area contributed by atoms with Gasteiger partial charge in [0.25, 0.3) is 5.56 Å². The predicted molar refractivity (Wildman–Crippen MR) is 81.0 cm³/mol. The van der Waals surface area contributed by atoms with Crippen molar-refractivity contribution in [1.29, 1.82) is 0 Å². The fourth-order valence-corrected chi connectivity index (χ4v) is 2.69. The zero-order valence-corrected chi connectivity index (χ0v) is 12.1. The van der Waals surface area contributed by atoms with Crippen LogP contribution in [0.2, 0.25) is 0 Å². The first-order valence-electron chi connectivity index (χ1n) is 7.34. The Morgan fingerprint density at radius 2 is 2.23 bits per heavy atom. The van der Waals surface area contributed by atoms with Gasteiger partial charge in [0.1, 0.15) is 17.9 Å². The van der Waals surface area contributed by atoms with Crippen LogP contribution >= 0.6 is 0 Å². The summed E-state index contributed by atoms with van der Waals surface area (Å²) in [6, 6.07) is 5.09. The van der Waals surface area contributed by atoms with Crippen molar-refractivity contribution >= 4 is 11.6 Å². The van der Waals surface area contributed by atoms with Gasteiger partial charge in [-0.25, -0.2) is 4.68 Å². The number of furan rings is 1. The van der Waals surface area contributed by atoms with Gasteiger partial charge in [0.2, 0.25) is 5.91 Å². The summed E-state index contributed by atoms with van der Waals surface area (Å²) in [6.45, 7) is -0.145. The number of hydrogen-bond donors (Lipinski definition) is 2. The summed E-state index contributed by atoms with van der Waals surface area (Å²) in [7, 11) is 0. The van der Waals surface area contributed by atoms with E-state index in [4.69, 9.17) is 10.2 Å². The second-order valence-corrected chi connectivity index (χ2v) is 5.47. The van der Waals surface area contributed by atoms with Crippen LogP contribution < -0.4 is 16.6 Å². The van der Waals surface area contributed by atoms with Crippen molar-refractivity contribution in [2.45, 2.75) is 38.3 Å². The summed E-state index contributed by atoms with van der Waals surface area (Å²) in [4.78, 5) is 24.1. The zero-order valence-electron chi connectivity index (χ0n) is 12.1. The second kappa shape index (κ2) is 6.05. The van der Waals surface area contributed by atoms with Crippen LogP contribution in [-0.2, 0) is 11.3 Å². The average Bonchev–Trinajstić information content (AvgIpc) is 3.16. The number of rotatable bonds is 4. The van der Waals surface area contributed by atoms with E-state index in [1.54, 1.807) is 12.1 Å². The highest BCUT2D eigenvalue weighted by molar-refractivity contribution is 5.76. The van der Waals surface area contributed by atoms with Crippen molar-refractivity contribution in [2.75, 3.05) is 5.73 Å². The van der Waals surface area contributed by atoms with Gasteiger partial charge in [-0.05, 0) is 31.0 Å². The molecule has 3 rings (SSSR count). The Kier molecular flexibility index (Phi) is 3.95. The van der Waals surface area contributed by atoms with Gasteiger partial charge in [-0.2, -0.15) is 5.10 Å². The van der Waals surface area contributed by atoms with Gasteiger partial charge in [-0.3, -0.25) is 9.59 Å². The topological polar surface area (TPSA) is 103 Å². The number of anilines is 1. The van der Waals surface area contributed by atoms with Gasteiger partial charge in [-0.15, -0.1) is 0 Å². The lowest BCUT2D eigenvalue weighted by atomic mass is 10.2. The average molecular weight is 302 g/mol. The highest BCUT2D eigenvalue weighted by Gasteiger charge is 2.18. The van der Waals surface area contributed by atoms with Crippen LogP contribution in [0.1, 0.15) is 25.7 Å². The number of carbonyl (C=O) groups is 1. The number of aromatic nitrogens is 2. The Bertz CT molecular complexity index is 715. The molecule has 1 fully saturated rings. The summed E-state index contributed by atoms with van der Waals surface area (Å²) >= 11 is 0. The highest BCUT2D eigenvalue weighted by Crippen LogP contribution is 2.18. The van der Waals surface area contributed by atoms with E-state index in [2.05, 4.69) is 10.4 Å². The minimum atomic E-state index is -0.475. The maximum absolute atomic E-state index is 12.1. The van der Waals surface area contributed by atoms with E-state index >= 15 is 0 Å². The molecule has 22 heavy (non-hydrogen) atoms. The lowest BCUT2D eigenvalue weighted by Gasteiger charge is -2.13. The molecule has 0 aromatic carbocycles. The molecular weight excluding hydrogens is 284 g/mol. The van der Waals surface area contributed by atoms with E-state index in [0.717, 1.165) is 30.4 Å². The third-order valence-corrected chi connectivity index (χ3v) is 3.79. The molecule has 1 aliphatic carbocycles. The summed E-state index contributed by atoms with van der Waals surface area (Å²) in [5.41, 5.74) is 5.71. The van der Waals surface area contributed by atoms with Crippen molar-refractivity contribution in [3.8, 4) is 11.5 Å². The molecule has 0 radical (unpaired) electrons. The zero-order chi connectivity index (χ0) is 15.5. The number of nitrogens with one attached hydrogen (secondary N) is 1. The Morgan fingerprint density at radius 3 is 2.91 bits per heavy atom. The lowest BCUT2D eigenvalue weighted by Crippen LogP contribution is -2.38. The minimum Gasteiger partial charge on any atom is -0.463 e. The van der Waals surface area contributed by atoms with Gasteiger partial charge in [0.05, 0.1) is 6.26 Å². The minimum absolute atomic E-state index is 0.0371. The molecule has 7 heteroatoms. The molecule has 0 spiro atoms. The van der Waals surface area contributed by atoms with Crippen LogP contribution in [0.4, 0.5) is 5.69 Å². The Morgan fingerprint density at radius 1 is 1.45 bits per heavy atom. The van der Waals surface area contributed by atoms with Gasteiger partial charge in [0.15, 0.2) is 5.76 Å². The van der Waals surface area contributed by atoms with Gasteiger partial charge < -0.3 is 15.5 Å². The van der Waals surface area contributed by atoms with Crippen LogP contribution in [0, 0.1) is 0 Å². The molecule has 2 heterocycles. The molecule has 0 aliphatic heterocycles. The van der Waals surface area contributed by atoms with Crippen molar-refractivity contribution in [3.05, 3.63) is 34.8 Å². The van der Waals surface area contributed by atoms with Crippen molar-refractivity contribution < 1.29 is 9.21 Å². The molecular formula is C15H18N4O3. The van der Waals surface area contributed by atoms with E-state index in [9.17, 15) is 9.59 Å². The molecule has 1 saturated carbocycles. The molecule has 3 N–H and O–H groups in total. The number of amides is 1. The fourth-order valence-electron chi connectivity index (χ4n) is 2.69. The van der Waals surface area contributed by atoms with Crippen LogP contribution in [-0.4, -0.2) is 21.7 Å². The third-order valence-electron chi connectivity index (χ3n) is 3.79. The quantitative estimate of drug-likeness (QED) is 0.881. The van der Waals surface area contributed by atoms with Gasteiger partial charge >= 0.3 is 0 Å². The van der Waals surface area contributed by atoms with Crippen molar-refractivity contribution in [1.82, 2.24) is 15.1 Å². The molecule has 0 unspecified atom stereocenters. The normalized spacial score (nSPS) is 15.1. The Balaban J connectivity index is 1.80. The molecule has 0 bridgehead atoms. The number of hydrogen-bond acceptors (Lipinski definition) is 5. The van der Waals surface area contributed by atoms with Crippen LogP contribution in [0.3, 0.4) is 0 Å². The summed E-state index contributed by atoms with van der Waals surface area (Å²) in [5.74, 6) is 0.272. The lowest BCUT2D eigenvalue weighted by molar-refractivity contribution is -0.122. The fraction of sp³-hybridized carbons (Fsp3) is 0.400. The largest absolute Gasteiger partial charge is 0.463 e. The molecule has 1 amide bonds. The monoisotopic (exact) mass is 302 g/mol. The first-order chi connectivity index (χ1) is 10.6. The first kappa shape index (κ1) is 14.4. The molecule has 2 aromatic heterocycles. The van der Waals surface area contributed by atoms with Gasteiger partial charge in [-0.1, -0.05) is 12.8 Å². The van der Waals surface area contributed by atoms with Crippen LogP contribution in [0.5, 0.6) is 0 Å². The number of nitrogen functional groups attached to an aromatic ring is 1. The number of nitrogens with zero attached hydrogens (tertiary/aromatic N) is 2. The second-order valence-electron chi connectivity index (χ2n) is 5.47. The smallest absolute Gasteiger partial charge is 0.290 e. The Labute approximate surface area is 127 Å². The molecule has 2 aromatic rings. The molecule has 1 aliphatic rings. The summed E-state index contributed by atoms with van der Waals surface area (Å²) < 4.78 is 6.33. The van der Waals surface area contributed by atoms with E-state index < -0.39 is 5.56 Å². The van der Waals surface area contributed by atoms with Crippen LogP contribution in [0.15, 0.2) is 33.7 Å². The molecule has 7 nitrogen and oxygen atoms in total. The van der Waals surface area contributed by atoms with Gasteiger partial charge in [0, 0.05) is 6.04 Å². The van der Waals surface area contributed by atoms with E-state index in [-0.39, 0.29) is 24.2 Å². The van der Waals surface area contributed by atoms with Crippen molar-refractivity contribution in [3.63, 3.8) is 0 Å². The summed E-state index contributed by atoms with van der Waals surface area (Å²) in [5, 5.41) is 7.09. The molecule has 0 atom stereocenters. The maximum atomic E-state index is 12.1. The standard InChI is InChI=1S/C15H18N4O3/c16-11-8-12(13-6-3-7-22-13)18-19(15(11)21)9-14(20)17-10-4-1-2-5-10/h3,6-8,10H,1-2,4-5,9,16H2,(H,17,20). The van der Waals surface area contributed by atoms with E-state index in [1.165, 1.54) is 12.3 Å². The Hall–Kier alpha value is -2.57.